The Labute approximate surface area is 171 Å². The Morgan fingerprint density at radius 2 is 1.82 bits per heavy atom. The van der Waals surface area contributed by atoms with E-state index in [0.29, 0.717) is 13.1 Å². The van der Waals surface area contributed by atoms with Crippen LogP contribution in [0.25, 0.3) is 0 Å². The lowest BCUT2D eigenvalue weighted by atomic mass is 10.3. The molecule has 0 aliphatic carbocycles. The van der Waals surface area contributed by atoms with Crippen molar-refractivity contribution in [2.45, 2.75) is 31.2 Å². The van der Waals surface area contributed by atoms with Crippen molar-refractivity contribution in [3.63, 3.8) is 0 Å². The van der Waals surface area contributed by atoms with Gasteiger partial charge in [-0.3, -0.25) is 9.69 Å². The second-order valence-corrected chi connectivity index (χ2v) is 10.3. The lowest BCUT2D eigenvalue weighted by Gasteiger charge is -2.24. The number of nitrogens with one attached hydrogen (secondary N) is 1. The quantitative estimate of drug-likeness (QED) is 0.823. The third kappa shape index (κ3) is 5.64. The Bertz CT molecular complexity index is 881. The average Bonchev–Trinajstić information content (AvgIpc) is 3.07. The first-order chi connectivity index (χ1) is 13.4. The molecule has 3 rings (SSSR count). The molecule has 1 aromatic carbocycles. The number of thiophene rings is 1. The molecule has 1 saturated heterocycles. The molecule has 0 unspecified atom stereocenters. The predicted octanol–water partition coefficient (Wildman–Crippen LogP) is 2.46. The summed E-state index contributed by atoms with van der Waals surface area (Å²) in [7, 11) is -3.60. The highest BCUT2D eigenvalue weighted by Crippen LogP contribution is 2.19. The van der Waals surface area contributed by atoms with Crippen LogP contribution in [0.4, 0.5) is 0 Å². The van der Waals surface area contributed by atoms with Gasteiger partial charge in [0, 0.05) is 48.9 Å². The van der Waals surface area contributed by atoms with Crippen LogP contribution in [0.5, 0.6) is 0 Å². The third-order valence-electron chi connectivity index (χ3n) is 4.78. The molecule has 0 bridgehead atoms. The largest absolute Gasteiger partial charge is 0.355 e. The normalized spacial score (nSPS) is 18.4. The van der Waals surface area contributed by atoms with Gasteiger partial charge in [-0.2, -0.15) is 4.31 Å². The summed E-state index contributed by atoms with van der Waals surface area (Å²) in [5.74, 6) is -0.109. The van der Waals surface area contributed by atoms with E-state index in [-0.39, 0.29) is 23.8 Å². The van der Waals surface area contributed by atoms with E-state index in [2.05, 4.69) is 29.3 Å². The van der Waals surface area contributed by atoms with E-state index in [1.165, 1.54) is 14.1 Å². The molecule has 1 aliphatic heterocycles. The maximum Gasteiger partial charge on any atom is 0.243 e. The van der Waals surface area contributed by atoms with Crippen LogP contribution in [0, 0.1) is 6.92 Å². The monoisotopic (exact) mass is 421 g/mol. The van der Waals surface area contributed by atoms with Gasteiger partial charge in [-0.15, -0.1) is 11.3 Å². The second kappa shape index (κ2) is 9.65. The molecule has 1 amide bonds. The molecular formula is C20H27N3O3S2. The molecule has 0 spiro atoms. The number of amides is 1. The van der Waals surface area contributed by atoms with E-state index in [1.807, 2.05) is 0 Å². The fourth-order valence-corrected chi connectivity index (χ4v) is 5.73. The van der Waals surface area contributed by atoms with E-state index >= 15 is 0 Å². The number of rotatable bonds is 4. The van der Waals surface area contributed by atoms with Gasteiger partial charge in [0.1, 0.15) is 0 Å². The van der Waals surface area contributed by atoms with Crippen molar-refractivity contribution in [3.05, 3.63) is 52.2 Å². The molecule has 0 saturated carbocycles. The molecule has 2 heterocycles. The van der Waals surface area contributed by atoms with Crippen LogP contribution in [-0.4, -0.2) is 56.3 Å². The smallest absolute Gasteiger partial charge is 0.243 e. The van der Waals surface area contributed by atoms with Gasteiger partial charge in [-0.05, 0) is 44.2 Å². The maximum atomic E-state index is 13.0. The SMILES string of the molecule is Cc1ccc(CN2CCCN(S(=O)(=O)c3ccccc3)CCC(=O)NCC2)s1. The lowest BCUT2D eigenvalue weighted by Crippen LogP contribution is -2.36. The van der Waals surface area contributed by atoms with E-state index in [1.54, 1.807) is 41.7 Å². The molecule has 2 aromatic rings. The van der Waals surface area contributed by atoms with Crippen LogP contribution < -0.4 is 5.32 Å². The van der Waals surface area contributed by atoms with Crippen molar-refractivity contribution in [1.29, 1.82) is 0 Å². The highest BCUT2D eigenvalue weighted by atomic mass is 32.2. The number of sulfonamides is 1. The molecule has 6 nitrogen and oxygen atoms in total. The van der Waals surface area contributed by atoms with Gasteiger partial charge in [-0.25, -0.2) is 8.42 Å². The Hall–Kier alpha value is -1.74. The van der Waals surface area contributed by atoms with E-state index in [4.69, 9.17) is 0 Å². The standard InChI is InChI=1S/C20H27N3O3S2/c1-17-8-9-18(27-17)16-22-12-5-13-23(14-10-20(24)21-11-15-22)28(25,26)19-6-3-2-4-7-19/h2-4,6-9H,5,10-16H2,1H3,(H,21,24). The molecule has 1 aromatic heterocycles. The summed E-state index contributed by atoms with van der Waals surface area (Å²) in [6, 6.07) is 12.7. The number of hydrogen-bond donors (Lipinski definition) is 1. The van der Waals surface area contributed by atoms with Crippen LogP contribution in [0.1, 0.15) is 22.6 Å². The molecule has 1 fully saturated rings. The molecule has 8 heteroatoms. The number of benzene rings is 1. The zero-order chi connectivity index (χ0) is 20.0. The van der Waals surface area contributed by atoms with Crippen molar-refractivity contribution in [2.24, 2.45) is 0 Å². The molecule has 0 atom stereocenters. The van der Waals surface area contributed by atoms with Crippen LogP contribution in [0.15, 0.2) is 47.4 Å². The Morgan fingerprint density at radius 3 is 2.54 bits per heavy atom. The fourth-order valence-electron chi connectivity index (χ4n) is 3.29. The first kappa shape index (κ1) is 21.0. The first-order valence-corrected chi connectivity index (χ1v) is 11.8. The highest BCUT2D eigenvalue weighted by Gasteiger charge is 2.25. The zero-order valence-corrected chi connectivity index (χ0v) is 17.8. The predicted molar refractivity (Wildman–Crippen MR) is 112 cm³/mol. The minimum absolute atomic E-state index is 0.109. The fraction of sp³-hybridized carbons (Fsp3) is 0.450. The third-order valence-corrected chi connectivity index (χ3v) is 7.68. The maximum absolute atomic E-state index is 13.0. The van der Waals surface area contributed by atoms with Crippen molar-refractivity contribution < 1.29 is 13.2 Å². The Kier molecular flexibility index (Phi) is 7.23. The number of carbonyl (C=O) groups excluding carboxylic acids is 1. The Morgan fingerprint density at radius 1 is 1.04 bits per heavy atom. The molecule has 1 aliphatic rings. The van der Waals surface area contributed by atoms with Gasteiger partial charge >= 0.3 is 0 Å². The van der Waals surface area contributed by atoms with Gasteiger partial charge in [0.25, 0.3) is 0 Å². The topological polar surface area (TPSA) is 69.7 Å². The van der Waals surface area contributed by atoms with Gasteiger partial charge in [0.15, 0.2) is 0 Å². The number of hydrogen-bond acceptors (Lipinski definition) is 5. The molecule has 1 N–H and O–H groups in total. The first-order valence-electron chi connectivity index (χ1n) is 9.55. The van der Waals surface area contributed by atoms with Crippen LogP contribution >= 0.6 is 11.3 Å². The number of aryl methyl sites for hydroxylation is 1. The number of carbonyl (C=O) groups is 1. The lowest BCUT2D eigenvalue weighted by molar-refractivity contribution is -0.121. The molecule has 152 valence electrons. The Balaban J connectivity index is 1.71. The zero-order valence-electron chi connectivity index (χ0n) is 16.1. The van der Waals surface area contributed by atoms with Crippen LogP contribution in [0.2, 0.25) is 0 Å². The average molecular weight is 422 g/mol. The van der Waals surface area contributed by atoms with E-state index in [9.17, 15) is 13.2 Å². The van der Waals surface area contributed by atoms with Gasteiger partial charge in [0.05, 0.1) is 4.90 Å². The van der Waals surface area contributed by atoms with Crippen molar-refractivity contribution >= 4 is 27.3 Å². The number of nitrogens with zero attached hydrogens (tertiary/aromatic N) is 2. The summed E-state index contributed by atoms with van der Waals surface area (Å²) in [6.45, 7) is 5.64. The van der Waals surface area contributed by atoms with Crippen molar-refractivity contribution in [1.82, 2.24) is 14.5 Å². The summed E-state index contributed by atoms with van der Waals surface area (Å²) in [4.78, 5) is 17.3. The summed E-state index contributed by atoms with van der Waals surface area (Å²) in [5.41, 5.74) is 0. The molecule has 28 heavy (non-hydrogen) atoms. The molecular weight excluding hydrogens is 394 g/mol. The van der Waals surface area contributed by atoms with E-state index < -0.39 is 10.0 Å². The molecule has 0 radical (unpaired) electrons. The summed E-state index contributed by atoms with van der Waals surface area (Å²) >= 11 is 1.77. The van der Waals surface area contributed by atoms with Gasteiger partial charge in [-0.1, -0.05) is 18.2 Å². The van der Waals surface area contributed by atoms with Crippen LogP contribution in [0.3, 0.4) is 0 Å². The summed E-state index contributed by atoms with van der Waals surface area (Å²) in [5, 5.41) is 2.91. The van der Waals surface area contributed by atoms with Crippen molar-refractivity contribution in [3.8, 4) is 0 Å². The second-order valence-electron chi connectivity index (χ2n) is 6.96. The highest BCUT2D eigenvalue weighted by molar-refractivity contribution is 7.89. The summed E-state index contributed by atoms with van der Waals surface area (Å²) < 4.78 is 27.4. The van der Waals surface area contributed by atoms with Crippen LogP contribution in [-0.2, 0) is 21.4 Å². The van der Waals surface area contributed by atoms with Gasteiger partial charge < -0.3 is 5.32 Å². The summed E-state index contributed by atoms with van der Waals surface area (Å²) in [6.07, 6.45) is 0.904. The minimum atomic E-state index is -3.60. The van der Waals surface area contributed by atoms with Crippen molar-refractivity contribution in [2.75, 3.05) is 32.7 Å². The minimum Gasteiger partial charge on any atom is -0.355 e. The van der Waals surface area contributed by atoms with Gasteiger partial charge in [0.2, 0.25) is 15.9 Å². The van der Waals surface area contributed by atoms with E-state index in [0.717, 1.165) is 26.1 Å².